The Morgan fingerprint density at radius 3 is 2.80 bits per heavy atom. The molecule has 0 saturated carbocycles. The predicted molar refractivity (Wildman–Crippen MR) is 34.3 cm³/mol. The lowest BCUT2D eigenvalue weighted by atomic mass is 10.6. The second-order valence-electron chi connectivity index (χ2n) is 1.47. The first-order chi connectivity index (χ1) is 4.29. The quantitative estimate of drug-likeness (QED) is 0.580. The van der Waals surface area contributed by atoms with E-state index in [2.05, 4.69) is 15.5 Å². The molecule has 0 atom stereocenters. The zero-order chi connectivity index (χ0) is 6.69. The molecule has 1 amide bonds. The summed E-state index contributed by atoms with van der Waals surface area (Å²) in [4.78, 5) is 10.2. The highest BCUT2D eigenvalue weighted by molar-refractivity contribution is 5.85. The van der Waals surface area contributed by atoms with Crippen LogP contribution in [0.5, 0.6) is 0 Å². The Balaban J connectivity index is 0.000000810. The summed E-state index contributed by atoms with van der Waals surface area (Å²) in [5.41, 5.74) is 4.83. The van der Waals surface area contributed by atoms with Crippen LogP contribution in [0.4, 0.5) is 0 Å². The van der Waals surface area contributed by atoms with E-state index in [1.165, 1.54) is 11.0 Å². The van der Waals surface area contributed by atoms with Crippen LogP contribution in [0.2, 0.25) is 0 Å². The highest BCUT2D eigenvalue weighted by Crippen LogP contribution is 1.73. The van der Waals surface area contributed by atoms with Gasteiger partial charge >= 0.3 is 0 Å². The van der Waals surface area contributed by atoms with Crippen molar-refractivity contribution in [2.75, 3.05) is 0 Å². The molecule has 0 saturated heterocycles. The monoisotopic (exact) mass is 163 g/mol. The number of rotatable bonds is 2. The van der Waals surface area contributed by atoms with Crippen LogP contribution >= 0.6 is 12.4 Å². The molecule has 1 rings (SSSR count). The van der Waals surface area contributed by atoms with Crippen LogP contribution in [0.25, 0.3) is 0 Å². The number of nitrogens with zero attached hydrogens (tertiary/aromatic N) is 4. The molecule has 0 aliphatic carbocycles. The highest BCUT2D eigenvalue weighted by Gasteiger charge is 1.95. The Hall–Kier alpha value is -1.17. The van der Waals surface area contributed by atoms with Crippen molar-refractivity contribution in [2.45, 2.75) is 6.54 Å². The summed E-state index contributed by atoms with van der Waals surface area (Å²) in [5.74, 6) is -0.456. The number of hydrogen-bond donors (Lipinski definition) is 1. The Morgan fingerprint density at radius 1 is 1.70 bits per heavy atom. The van der Waals surface area contributed by atoms with Crippen LogP contribution < -0.4 is 5.73 Å². The van der Waals surface area contributed by atoms with Crippen LogP contribution in [0, 0.1) is 0 Å². The summed E-state index contributed by atoms with van der Waals surface area (Å²) in [5, 5.41) is 10.0. The van der Waals surface area contributed by atoms with Gasteiger partial charge in [-0.25, -0.2) is 4.68 Å². The van der Waals surface area contributed by atoms with E-state index in [9.17, 15) is 4.79 Å². The average Bonchev–Trinajstić information content (AvgIpc) is 2.15. The number of carbonyl (C=O) groups is 1. The maximum Gasteiger partial charge on any atom is 0.239 e. The van der Waals surface area contributed by atoms with Gasteiger partial charge in [0.1, 0.15) is 12.9 Å². The third kappa shape index (κ3) is 2.40. The molecule has 10 heavy (non-hydrogen) atoms. The van der Waals surface area contributed by atoms with Gasteiger partial charge < -0.3 is 5.73 Å². The fourth-order valence-corrected chi connectivity index (χ4v) is 0.412. The highest BCUT2D eigenvalue weighted by atomic mass is 35.5. The molecule has 0 radical (unpaired) electrons. The van der Waals surface area contributed by atoms with Crippen molar-refractivity contribution in [3.63, 3.8) is 0 Å². The summed E-state index contributed by atoms with van der Waals surface area (Å²) < 4.78 is 1.25. The van der Waals surface area contributed by atoms with Crippen LogP contribution in [-0.2, 0) is 11.3 Å². The van der Waals surface area contributed by atoms with Gasteiger partial charge in [0.25, 0.3) is 0 Å². The van der Waals surface area contributed by atoms with Gasteiger partial charge in [0, 0.05) is 0 Å². The van der Waals surface area contributed by atoms with Gasteiger partial charge in [-0.3, -0.25) is 4.79 Å². The van der Waals surface area contributed by atoms with Gasteiger partial charge in [-0.15, -0.1) is 17.5 Å². The fourth-order valence-electron chi connectivity index (χ4n) is 0.412. The van der Waals surface area contributed by atoms with Gasteiger partial charge in [0.05, 0.1) is 0 Å². The molecule has 0 bridgehead atoms. The zero-order valence-electron chi connectivity index (χ0n) is 4.97. The van der Waals surface area contributed by atoms with Crippen molar-refractivity contribution >= 4 is 18.3 Å². The minimum Gasteiger partial charge on any atom is -0.368 e. The molecule has 1 aromatic rings. The van der Waals surface area contributed by atoms with Crippen molar-refractivity contribution in [3.8, 4) is 0 Å². The normalized spacial score (nSPS) is 8.40. The number of halogens is 1. The maximum absolute atomic E-state index is 10.2. The lowest BCUT2D eigenvalue weighted by molar-refractivity contribution is -0.118. The molecule has 0 aliphatic heterocycles. The second-order valence-corrected chi connectivity index (χ2v) is 1.47. The van der Waals surface area contributed by atoms with Gasteiger partial charge in [-0.05, 0) is 10.4 Å². The lowest BCUT2D eigenvalue weighted by Gasteiger charge is -1.89. The number of amides is 1. The van der Waals surface area contributed by atoms with Gasteiger partial charge in [0.15, 0.2) is 0 Å². The van der Waals surface area contributed by atoms with E-state index < -0.39 is 5.91 Å². The van der Waals surface area contributed by atoms with E-state index in [1.807, 2.05) is 0 Å². The van der Waals surface area contributed by atoms with Gasteiger partial charge in [0.2, 0.25) is 5.91 Å². The molecule has 1 heterocycles. The minimum atomic E-state index is -0.456. The van der Waals surface area contributed by atoms with Crippen LogP contribution in [0.3, 0.4) is 0 Å². The number of nitrogens with two attached hydrogens (primary N) is 1. The van der Waals surface area contributed by atoms with E-state index in [4.69, 9.17) is 5.73 Å². The number of carbonyl (C=O) groups excluding carboxylic acids is 1. The smallest absolute Gasteiger partial charge is 0.239 e. The van der Waals surface area contributed by atoms with Crippen molar-refractivity contribution in [1.82, 2.24) is 20.2 Å². The summed E-state index contributed by atoms with van der Waals surface area (Å²) >= 11 is 0. The first-order valence-electron chi connectivity index (χ1n) is 2.28. The number of hydrogen-bond acceptors (Lipinski definition) is 4. The Morgan fingerprint density at radius 2 is 2.40 bits per heavy atom. The Kier molecular flexibility index (Phi) is 3.34. The molecule has 0 aliphatic rings. The molecule has 0 fully saturated rings. The molecule has 0 spiro atoms. The van der Waals surface area contributed by atoms with Crippen LogP contribution in [0.1, 0.15) is 0 Å². The predicted octanol–water partition coefficient (Wildman–Crippen LogP) is -1.42. The first kappa shape index (κ1) is 8.83. The van der Waals surface area contributed by atoms with Gasteiger partial charge in [-0.1, -0.05) is 0 Å². The summed E-state index contributed by atoms with van der Waals surface area (Å²) in [6, 6.07) is 0. The van der Waals surface area contributed by atoms with E-state index in [-0.39, 0.29) is 19.0 Å². The molecular weight excluding hydrogens is 158 g/mol. The summed E-state index contributed by atoms with van der Waals surface area (Å²) in [6.45, 7) is 0.0347. The standard InChI is InChI=1S/C3H5N5O.ClH/c4-3(9)1-8-2-5-6-7-8;/h2H,1H2,(H2,4,9);1H. The molecule has 1 aromatic heterocycles. The third-order valence-corrected chi connectivity index (χ3v) is 0.709. The lowest BCUT2D eigenvalue weighted by Crippen LogP contribution is -2.18. The Labute approximate surface area is 62.8 Å². The summed E-state index contributed by atoms with van der Waals surface area (Å²) in [6.07, 6.45) is 1.32. The van der Waals surface area contributed by atoms with E-state index in [1.54, 1.807) is 0 Å². The SMILES string of the molecule is Cl.NC(=O)Cn1cnnn1. The van der Waals surface area contributed by atoms with Crippen molar-refractivity contribution in [3.05, 3.63) is 6.33 Å². The van der Waals surface area contributed by atoms with Crippen LogP contribution in [-0.4, -0.2) is 26.1 Å². The minimum absolute atomic E-state index is 0. The van der Waals surface area contributed by atoms with Crippen molar-refractivity contribution in [2.24, 2.45) is 5.73 Å². The largest absolute Gasteiger partial charge is 0.368 e. The molecule has 0 unspecified atom stereocenters. The summed E-state index contributed by atoms with van der Waals surface area (Å²) in [7, 11) is 0. The molecule has 56 valence electrons. The number of tetrazole rings is 1. The molecule has 0 aromatic carbocycles. The fraction of sp³-hybridized carbons (Fsp3) is 0.333. The Bertz CT molecular complexity index is 197. The topological polar surface area (TPSA) is 86.7 Å². The van der Waals surface area contributed by atoms with Crippen molar-refractivity contribution in [1.29, 1.82) is 0 Å². The first-order valence-corrected chi connectivity index (χ1v) is 2.28. The van der Waals surface area contributed by atoms with Crippen LogP contribution in [0.15, 0.2) is 6.33 Å². The zero-order valence-corrected chi connectivity index (χ0v) is 5.78. The van der Waals surface area contributed by atoms with E-state index in [0.717, 1.165) is 0 Å². The van der Waals surface area contributed by atoms with E-state index >= 15 is 0 Å². The second kappa shape index (κ2) is 3.78. The van der Waals surface area contributed by atoms with Gasteiger partial charge in [-0.2, -0.15) is 0 Å². The average molecular weight is 164 g/mol. The molecule has 7 heteroatoms. The third-order valence-electron chi connectivity index (χ3n) is 0.709. The number of aromatic nitrogens is 4. The molecular formula is C3H6ClN5O. The van der Waals surface area contributed by atoms with E-state index in [0.29, 0.717) is 0 Å². The maximum atomic E-state index is 10.2. The van der Waals surface area contributed by atoms with Crippen molar-refractivity contribution < 1.29 is 4.79 Å². The molecule has 2 N–H and O–H groups in total. The molecule has 6 nitrogen and oxygen atoms in total. The number of primary amides is 1.